The third-order valence-corrected chi connectivity index (χ3v) is 4.06. The second kappa shape index (κ2) is 3.58. The van der Waals surface area contributed by atoms with Gasteiger partial charge in [-0.25, -0.2) is 0 Å². The molecule has 1 rings (SSSR count). The summed E-state index contributed by atoms with van der Waals surface area (Å²) in [5, 5.41) is 13.7. The zero-order valence-corrected chi connectivity index (χ0v) is 9.35. The maximum absolute atomic E-state index is 10.3. The van der Waals surface area contributed by atoms with E-state index in [-0.39, 0.29) is 5.41 Å². The van der Waals surface area contributed by atoms with Gasteiger partial charge in [-0.3, -0.25) is 0 Å². The van der Waals surface area contributed by atoms with Crippen molar-refractivity contribution in [3.8, 4) is 0 Å². The molecular weight excluding hydrogens is 162 g/mol. The van der Waals surface area contributed by atoms with Gasteiger partial charge in [0.25, 0.3) is 0 Å². The van der Waals surface area contributed by atoms with E-state index in [0.29, 0.717) is 6.04 Å². The van der Waals surface area contributed by atoms with E-state index in [4.69, 9.17) is 0 Å². The van der Waals surface area contributed by atoms with Gasteiger partial charge >= 0.3 is 0 Å². The van der Waals surface area contributed by atoms with Crippen LogP contribution >= 0.6 is 0 Å². The van der Waals surface area contributed by atoms with E-state index in [0.717, 1.165) is 25.8 Å². The van der Waals surface area contributed by atoms with Gasteiger partial charge in [0.15, 0.2) is 0 Å². The molecule has 2 nitrogen and oxygen atoms in total. The maximum atomic E-state index is 10.3. The first-order valence-electron chi connectivity index (χ1n) is 5.40. The van der Waals surface area contributed by atoms with Crippen LogP contribution in [-0.4, -0.2) is 23.3 Å². The van der Waals surface area contributed by atoms with Crippen LogP contribution in [0, 0.1) is 5.41 Å². The molecule has 1 saturated carbocycles. The van der Waals surface area contributed by atoms with Gasteiger partial charge in [0.05, 0.1) is 5.60 Å². The molecule has 3 unspecified atom stereocenters. The van der Waals surface area contributed by atoms with E-state index in [1.165, 1.54) is 0 Å². The van der Waals surface area contributed by atoms with Gasteiger partial charge in [-0.2, -0.15) is 0 Å². The summed E-state index contributed by atoms with van der Waals surface area (Å²) in [6.45, 7) is 9.46. The molecule has 0 aromatic rings. The lowest BCUT2D eigenvalue weighted by Gasteiger charge is -2.42. The molecule has 0 aromatic carbocycles. The Balaban J connectivity index is 2.74. The second-order valence-electron chi connectivity index (χ2n) is 4.82. The molecule has 0 aliphatic heterocycles. The van der Waals surface area contributed by atoms with Gasteiger partial charge in [-0.05, 0) is 39.7 Å². The molecule has 0 aromatic heterocycles. The Morgan fingerprint density at radius 1 is 1.38 bits per heavy atom. The lowest BCUT2D eigenvalue weighted by atomic mass is 9.72. The number of nitrogens with one attached hydrogen (secondary N) is 1. The average Bonchev–Trinajstić information content (AvgIpc) is 2.28. The highest BCUT2D eigenvalue weighted by molar-refractivity contribution is 5.03. The molecule has 1 fully saturated rings. The minimum absolute atomic E-state index is 0.0447. The molecule has 0 spiro atoms. The van der Waals surface area contributed by atoms with Crippen molar-refractivity contribution in [3.05, 3.63) is 0 Å². The summed E-state index contributed by atoms with van der Waals surface area (Å²) >= 11 is 0. The van der Waals surface area contributed by atoms with Crippen molar-refractivity contribution >= 4 is 0 Å². The van der Waals surface area contributed by atoms with E-state index < -0.39 is 5.60 Å². The Morgan fingerprint density at radius 3 is 2.38 bits per heavy atom. The fraction of sp³-hybridized carbons (Fsp3) is 1.00. The van der Waals surface area contributed by atoms with Gasteiger partial charge in [-0.15, -0.1) is 0 Å². The largest absolute Gasteiger partial charge is 0.390 e. The second-order valence-corrected chi connectivity index (χ2v) is 4.82. The molecule has 0 radical (unpaired) electrons. The highest BCUT2D eigenvalue weighted by atomic mass is 16.3. The lowest BCUT2D eigenvalue weighted by molar-refractivity contribution is -0.0524. The predicted octanol–water partition coefficient (Wildman–Crippen LogP) is 1.93. The standard InChI is InChI=1S/C11H23NO/c1-5-12-9(2)10(3)7-6-8-11(10,4)13/h9,12-13H,5-8H2,1-4H3. The number of hydrogen-bond acceptors (Lipinski definition) is 2. The summed E-state index contributed by atoms with van der Waals surface area (Å²) < 4.78 is 0. The average molecular weight is 185 g/mol. The van der Waals surface area contributed by atoms with Crippen LogP contribution in [0.5, 0.6) is 0 Å². The highest BCUT2D eigenvalue weighted by Gasteiger charge is 2.50. The molecule has 3 atom stereocenters. The van der Waals surface area contributed by atoms with Crippen molar-refractivity contribution in [2.24, 2.45) is 5.41 Å². The molecular formula is C11H23NO. The van der Waals surface area contributed by atoms with Crippen molar-refractivity contribution < 1.29 is 5.11 Å². The van der Waals surface area contributed by atoms with Gasteiger partial charge in [0.1, 0.15) is 0 Å². The molecule has 0 amide bonds. The van der Waals surface area contributed by atoms with Crippen LogP contribution in [0.3, 0.4) is 0 Å². The summed E-state index contributed by atoms with van der Waals surface area (Å²) in [5.74, 6) is 0. The van der Waals surface area contributed by atoms with Crippen LogP contribution in [0.15, 0.2) is 0 Å². The summed E-state index contributed by atoms with van der Waals surface area (Å²) in [5.41, 5.74) is -0.447. The Hall–Kier alpha value is -0.0800. The molecule has 1 aliphatic carbocycles. The number of aliphatic hydroxyl groups is 1. The third-order valence-electron chi connectivity index (χ3n) is 4.06. The normalized spacial score (nSPS) is 42.2. The quantitative estimate of drug-likeness (QED) is 0.704. The Bertz CT molecular complexity index is 179. The maximum Gasteiger partial charge on any atom is 0.0687 e. The fourth-order valence-corrected chi connectivity index (χ4v) is 2.57. The van der Waals surface area contributed by atoms with Gasteiger partial charge in [0.2, 0.25) is 0 Å². The summed E-state index contributed by atoms with van der Waals surface area (Å²) in [4.78, 5) is 0. The van der Waals surface area contributed by atoms with E-state index in [1.54, 1.807) is 0 Å². The number of hydrogen-bond donors (Lipinski definition) is 2. The molecule has 2 heteroatoms. The smallest absolute Gasteiger partial charge is 0.0687 e. The monoisotopic (exact) mass is 185 g/mol. The summed E-state index contributed by atoms with van der Waals surface area (Å²) in [6, 6.07) is 0.398. The molecule has 78 valence electrons. The van der Waals surface area contributed by atoms with Crippen molar-refractivity contribution in [2.45, 2.75) is 58.6 Å². The Labute approximate surface area is 81.7 Å². The first-order valence-corrected chi connectivity index (χ1v) is 5.40. The Kier molecular flexibility index (Phi) is 3.03. The molecule has 0 bridgehead atoms. The molecule has 0 saturated heterocycles. The van der Waals surface area contributed by atoms with Crippen molar-refractivity contribution in [2.75, 3.05) is 6.54 Å². The van der Waals surface area contributed by atoms with Crippen LogP contribution in [0.25, 0.3) is 0 Å². The minimum atomic E-state index is -0.491. The summed E-state index contributed by atoms with van der Waals surface area (Å²) in [6.07, 6.45) is 3.23. The lowest BCUT2D eigenvalue weighted by Crippen LogP contribution is -2.51. The zero-order valence-electron chi connectivity index (χ0n) is 9.35. The zero-order chi connectivity index (χ0) is 10.1. The summed E-state index contributed by atoms with van der Waals surface area (Å²) in [7, 11) is 0. The molecule has 1 aliphatic rings. The van der Waals surface area contributed by atoms with Crippen molar-refractivity contribution in [1.82, 2.24) is 5.32 Å². The number of rotatable bonds is 3. The topological polar surface area (TPSA) is 32.3 Å². The van der Waals surface area contributed by atoms with Crippen LogP contribution in [0.2, 0.25) is 0 Å². The van der Waals surface area contributed by atoms with Crippen molar-refractivity contribution in [1.29, 1.82) is 0 Å². The first-order chi connectivity index (χ1) is 5.94. The Morgan fingerprint density at radius 2 is 2.00 bits per heavy atom. The van der Waals surface area contributed by atoms with Crippen LogP contribution in [0.4, 0.5) is 0 Å². The van der Waals surface area contributed by atoms with Crippen LogP contribution < -0.4 is 5.32 Å². The van der Waals surface area contributed by atoms with E-state index >= 15 is 0 Å². The van der Waals surface area contributed by atoms with Gasteiger partial charge in [-0.1, -0.05) is 13.8 Å². The van der Waals surface area contributed by atoms with Gasteiger partial charge in [0, 0.05) is 11.5 Å². The van der Waals surface area contributed by atoms with E-state index in [1.807, 2.05) is 6.92 Å². The van der Waals surface area contributed by atoms with Crippen molar-refractivity contribution in [3.63, 3.8) is 0 Å². The molecule has 2 N–H and O–H groups in total. The van der Waals surface area contributed by atoms with Crippen LogP contribution in [-0.2, 0) is 0 Å². The molecule has 13 heavy (non-hydrogen) atoms. The highest BCUT2D eigenvalue weighted by Crippen LogP contribution is 2.48. The van der Waals surface area contributed by atoms with Crippen LogP contribution in [0.1, 0.15) is 47.0 Å². The van der Waals surface area contributed by atoms with E-state index in [9.17, 15) is 5.11 Å². The first kappa shape index (κ1) is 11.0. The molecule has 0 heterocycles. The van der Waals surface area contributed by atoms with Gasteiger partial charge < -0.3 is 10.4 Å². The predicted molar refractivity (Wildman–Crippen MR) is 55.7 cm³/mol. The SMILES string of the molecule is CCNC(C)C1(C)CCCC1(C)O. The fourth-order valence-electron chi connectivity index (χ4n) is 2.57. The third kappa shape index (κ3) is 1.75. The van der Waals surface area contributed by atoms with E-state index in [2.05, 4.69) is 26.1 Å². The minimum Gasteiger partial charge on any atom is -0.390 e.